The van der Waals surface area contributed by atoms with Crippen LogP contribution in [0.25, 0.3) is 0 Å². The van der Waals surface area contributed by atoms with Gasteiger partial charge in [-0.2, -0.15) is 0 Å². The van der Waals surface area contributed by atoms with Gasteiger partial charge in [-0.1, -0.05) is 48.0 Å². The van der Waals surface area contributed by atoms with Gasteiger partial charge in [-0.15, -0.1) is 0 Å². The predicted molar refractivity (Wildman–Crippen MR) is 103 cm³/mol. The summed E-state index contributed by atoms with van der Waals surface area (Å²) in [6.45, 7) is 4.36. The molecule has 4 fully saturated rings. The minimum Gasteiger partial charge on any atom is -0.326 e. The van der Waals surface area contributed by atoms with Gasteiger partial charge < -0.3 is 5.32 Å². The molecule has 0 heterocycles. The molecule has 1 amide bonds. The van der Waals surface area contributed by atoms with Crippen LogP contribution in [0.4, 0.5) is 5.69 Å². The fourth-order valence-electron chi connectivity index (χ4n) is 6.19. The van der Waals surface area contributed by atoms with Crippen LogP contribution in [0, 0.1) is 17.3 Å². The first kappa shape index (κ1) is 16.6. The quantitative estimate of drug-likeness (QED) is 0.640. The molecule has 0 aliphatic heterocycles. The molecule has 4 aliphatic carbocycles. The Morgan fingerprint density at radius 3 is 2.50 bits per heavy atom. The lowest BCUT2D eigenvalue weighted by Crippen LogP contribution is -2.53. The first-order valence-corrected chi connectivity index (χ1v) is 10.2. The molecule has 4 aliphatic rings. The van der Waals surface area contributed by atoms with E-state index < -0.39 is 0 Å². The van der Waals surface area contributed by atoms with Crippen molar-refractivity contribution in [2.75, 3.05) is 5.32 Å². The summed E-state index contributed by atoms with van der Waals surface area (Å²) in [7, 11) is 0. The van der Waals surface area contributed by atoms with Crippen molar-refractivity contribution in [2.24, 2.45) is 17.3 Å². The van der Waals surface area contributed by atoms with Gasteiger partial charge in [0.25, 0.3) is 0 Å². The lowest BCUT2D eigenvalue weighted by molar-refractivity contribution is -0.123. The van der Waals surface area contributed by atoms with Crippen LogP contribution in [0.1, 0.15) is 70.3 Å². The molecule has 2 nitrogen and oxygen atoms in total. The molecule has 1 aromatic carbocycles. The second kappa shape index (κ2) is 5.86. The lowest BCUT2D eigenvalue weighted by atomic mass is 9.48. The number of rotatable bonds is 4. The molecule has 0 saturated heterocycles. The molecule has 24 heavy (non-hydrogen) atoms. The number of alkyl halides is 1. The summed E-state index contributed by atoms with van der Waals surface area (Å²) < 4.78 is 0.327. The van der Waals surface area contributed by atoms with Crippen molar-refractivity contribution >= 4 is 27.5 Å². The van der Waals surface area contributed by atoms with Crippen LogP contribution >= 0.6 is 15.9 Å². The average molecular weight is 390 g/mol. The van der Waals surface area contributed by atoms with Crippen LogP contribution in [-0.4, -0.2) is 10.2 Å². The van der Waals surface area contributed by atoms with E-state index in [1.165, 1.54) is 44.1 Å². The van der Waals surface area contributed by atoms with Crippen LogP contribution in [0.2, 0.25) is 0 Å². The largest absolute Gasteiger partial charge is 0.326 e. The van der Waals surface area contributed by atoms with Crippen molar-refractivity contribution in [2.45, 2.75) is 69.0 Å². The third kappa shape index (κ3) is 3.05. The van der Waals surface area contributed by atoms with E-state index in [2.05, 4.69) is 47.2 Å². The second-order valence-corrected chi connectivity index (χ2v) is 10.8. The molecule has 4 bridgehead atoms. The highest BCUT2D eigenvalue weighted by atomic mass is 79.9. The molecule has 3 heteroatoms. The van der Waals surface area contributed by atoms with E-state index in [1.807, 2.05) is 12.1 Å². The summed E-state index contributed by atoms with van der Waals surface area (Å²) in [5, 5.41) is 3.23. The van der Waals surface area contributed by atoms with Crippen molar-refractivity contribution in [3.05, 3.63) is 29.8 Å². The van der Waals surface area contributed by atoms with E-state index in [-0.39, 0.29) is 11.3 Å². The molecule has 1 N–H and O–H groups in total. The maximum Gasteiger partial charge on any atom is 0.224 e. The SMILES string of the molecule is CC(C)c1ccccc1NC(=O)CC12C[C@@H]3C[C@@H](CC(Br)(C3)C1)C2. The Bertz CT molecular complexity index is 639. The smallest absolute Gasteiger partial charge is 0.224 e. The van der Waals surface area contributed by atoms with Crippen LogP contribution in [-0.2, 0) is 4.79 Å². The molecule has 0 spiro atoms. The monoisotopic (exact) mass is 389 g/mol. The summed E-state index contributed by atoms with van der Waals surface area (Å²) in [5.74, 6) is 2.30. The molecule has 4 saturated carbocycles. The van der Waals surface area contributed by atoms with Gasteiger partial charge in [0.15, 0.2) is 0 Å². The standard InChI is InChI=1S/C21H28BrNO/c1-14(2)17-5-3-4-6-18(17)23-19(24)12-20-8-15-7-16(9-20)11-21(22,10-15)13-20/h3-6,14-16H,7-13H2,1-2H3,(H,23,24)/t15-,16+,20?,21?. The van der Waals surface area contributed by atoms with Crippen molar-refractivity contribution in [1.82, 2.24) is 0 Å². The van der Waals surface area contributed by atoms with Gasteiger partial charge in [0.2, 0.25) is 5.91 Å². The van der Waals surface area contributed by atoms with Crippen LogP contribution < -0.4 is 5.32 Å². The predicted octanol–water partition coefficient (Wildman–Crippen LogP) is 5.87. The molecule has 0 aromatic heterocycles. The molecule has 0 radical (unpaired) electrons. The van der Waals surface area contributed by atoms with Crippen LogP contribution in [0.5, 0.6) is 0 Å². The third-order valence-electron chi connectivity index (χ3n) is 6.50. The van der Waals surface area contributed by atoms with Crippen molar-refractivity contribution < 1.29 is 4.79 Å². The fraction of sp³-hybridized carbons (Fsp3) is 0.667. The summed E-state index contributed by atoms with van der Waals surface area (Å²) in [4.78, 5) is 12.8. The van der Waals surface area contributed by atoms with Crippen LogP contribution in [0.3, 0.4) is 0 Å². The maximum absolute atomic E-state index is 12.8. The topological polar surface area (TPSA) is 29.1 Å². The number of halogens is 1. The van der Waals surface area contributed by atoms with Gasteiger partial charge in [-0.05, 0) is 73.3 Å². The number of para-hydroxylation sites is 1. The first-order chi connectivity index (χ1) is 11.4. The zero-order chi connectivity index (χ0) is 16.9. The number of benzene rings is 1. The van der Waals surface area contributed by atoms with Crippen molar-refractivity contribution in [3.63, 3.8) is 0 Å². The maximum atomic E-state index is 12.8. The Balaban J connectivity index is 1.49. The molecule has 1 aromatic rings. The number of hydrogen-bond acceptors (Lipinski definition) is 1. The Labute approximate surface area is 153 Å². The summed E-state index contributed by atoms with van der Waals surface area (Å²) >= 11 is 4.05. The van der Waals surface area contributed by atoms with Gasteiger partial charge >= 0.3 is 0 Å². The Kier molecular flexibility index (Phi) is 4.06. The third-order valence-corrected chi connectivity index (χ3v) is 7.43. The number of nitrogens with one attached hydrogen (secondary N) is 1. The number of carbonyl (C=O) groups is 1. The van der Waals surface area contributed by atoms with Gasteiger partial charge in [0.1, 0.15) is 0 Å². The molecule has 130 valence electrons. The van der Waals surface area contributed by atoms with E-state index >= 15 is 0 Å². The number of hydrogen-bond donors (Lipinski definition) is 1. The van der Waals surface area contributed by atoms with Gasteiger partial charge in [-0.3, -0.25) is 4.79 Å². The van der Waals surface area contributed by atoms with Gasteiger partial charge in [0.05, 0.1) is 0 Å². The minimum atomic E-state index is 0.209. The first-order valence-electron chi connectivity index (χ1n) is 9.44. The zero-order valence-electron chi connectivity index (χ0n) is 14.8. The zero-order valence-corrected chi connectivity index (χ0v) is 16.4. The van der Waals surface area contributed by atoms with Crippen LogP contribution in [0.15, 0.2) is 24.3 Å². The molecular formula is C21H28BrNO. The van der Waals surface area contributed by atoms with Crippen molar-refractivity contribution in [1.29, 1.82) is 0 Å². The highest BCUT2D eigenvalue weighted by molar-refractivity contribution is 9.10. The highest BCUT2D eigenvalue weighted by Gasteiger charge is 2.57. The van der Waals surface area contributed by atoms with E-state index in [9.17, 15) is 4.79 Å². The molecule has 5 rings (SSSR count). The summed E-state index contributed by atoms with van der Waals surface area (Å²) in [6.07, 6.45) is 8.44. The fourth-order valence-corrected chi connectivity index (χ4v) is 7.70. The number of amides is 1. The number of anilines is 1. The molecule has 2 unspecified atom stereocenters. The second-order valence-electron chi connectivity index (χ2n) is 9.08. The highest BCUT2D eigenvalue weighted by Crippen LogP contribution is 2.65. The van der Waals surface area contributed by atoms with Crippen molar-refractivity contribution in [3.8, 4) is 0 Å². The average Bonchev–Trinajstić information content (AvgIpc) is 2.43. The Morgan fingerprint density at radius 2 is 1.88 bits per heavy atom. The van der Waals surface area contributed by atoms with E-state index in [0.717, 1.165) is 17.5 Å². The van der Waals surface area contributed by atoms with E-state index in [4.69, 9.17) is 0 Å². The van der Waals surface area contributed by atoms with E-state index in [0.29, 0.717) is 16.7 Å². The normalized spacial score (nSPS) is 37.0. The van der Waals surface area contributed by atoms with Gasteiger partial charge in [-0.25, -0.2) is 0 Å². The van der Waals surface area contributed by atoms with Gasteiger partial charge in [0, 0.05) is 16.4 Å². The summed E-state index contributed by atoms with van der Waals surface area (Å²) in [6, 6.07) is 8.23. The minimum absolute atomic E-state index is 0.209. The summed E-state index contributed by atoms with van der Waals surface area (Å²) in [5.41, 5.74) is 2.47. The molecule has 4 atom stereocenters. The lowest BCUT2D eigenvalue weighted by Gasteiger charge is -2.60. The Hall–Kier alpha value is -0.830. The molecular weight excluding hydrogens is 362 g/mol. The Morgan fingerprint density at radius 1 is 1.21 bits per heavy atom. The van der Waals surface area contributed by atoms with E-state index in [1.54, 1.807) is 0 Å². The number of carbonyl (C=O) groups excluding carboxylic acids is 1.